The Morgan fingerprint density at radius 1 is 0.804 bits per heavy atom. The van der Waals surface area contributed by atoms with Gasteiger partial charge in [-0.2, -0.15) is 23.8 Å². The molecule has 0 bridgehead atoms. The number of terminal acetylenes is 1. The molecular weight excluding hydrogens is 633 g/mol. The molecule has 232 valence electrons. The van der Waals surface area contributed by atoms with E-state index < -0.39 is 15.0 Å². The number of phenolic OH excluding ortho intramolecular Hbond substituents is 1. The molecule has 0 fully saturated rings. The SMILES string of the molecule is C#COc1ccc(N=Nc2ccc(-c3ccc(N=Nc4c(O)ccc5cc(S(=O)(=O)O)cc(SOOO)c45)c(C)c3)cc2C)cc1. The number of aromatic hydroxyl groups is 1. The summed E-state index contributed by atoms with van der Waals surface area (Å²) >= 11 is 0.450. The van der Waals surface area contributed by atoms with E-state index in [2.05, 4.69) is 35.9 Å². The Hall–Kier alpha value is -5.14. The van der Waals surface area contributed by atoms with Crippen LogP contribution in [0.2, 0.25) is 0 Å². The predicted molar refractivity (Wildman–Crippen MR) is 172 cm³/mol. The molecule has 46 heavy (non-hydrogen) atoms. The third-order valence-electron chi connectivity index (χ3n) is 6.73. The van der Waals surface area contributed by atoms with E-state index in [1.165, 1.54) is 18.2 Å². The Labute approximate surface area is 267 Å². The van der Waals surface area contributed by atoms with Crippen LogP contribution in [0, 0.1) is 26.4 Å². The van der Waals surface area contributed by atoms with Gasteiger partial charge in [0.05, 0.1) is 38.9 Å². The molecule has 0 atom stereocenters. The fourth-order valence-electron chi connectivity index (χ4n) is 4.50. The van der Waals surface area contributed by atoms with E-state index in [9.17, 15) is 18.1 Å². The molecule has 0 saturated carbocycles. The van der Waals surface area contributed by atoms with Crippen LogP contribution in [-0.4, -0.2) is 23.3 Å². The summed E-state index contributed by atoms with van der Waals surface area (Å²) in [5.74, 6) is 0.293. The highest BCUT2D eigenvalue weighted by Crippen LogP contribution is 2.43. The molecule has 0 aromatic heterocycles. The van der Waals surface area contributed by atoms with Gasteiger partial charge in [-0.3, -0.25) is 4.55 Å². The second-order valence-corrected chi connectivity index (χ2v) is 11.9. The molecular formula is C32H24N4O8S2. The standard InChI is InChI=1S/C32H24N4O8S2/c1-4-42-25-10-8-24(9-11-25)33-34-27-12-5-21(15-19(27)2)22-6-13-28(20(3)16-22)35-36-32-29(37)14-7-23-17-26(46(39,40)41)18-30(31(23)32)45-44-43-38/h1,5-18,37-38H,2-3H3,(H,39,40,41). The highest BCUT2D eigenvalue weighted by molar-refractivity contribution is 7.94. The molecule has 5 aromatic rings. The zero-order valence-electron chi connectivity index (χ0n) is 24.1. The Kier molecular flexibility index (Phi) is 9.73. The van der Waals surface area contributed by atoms with E-state index in [0.29, 0.717) is 40.2 Å². The molecule has 12 nitrogen and oxygen atoms in total. The summed E-state index contributed by atoms with van der Waals surface area (Å²) < 4.78 is 42.6. The zero-order chi connectivity index (χ0) is 32.8. The molecule has 5 aromatic carbocycles. The first kappa shape index (κ1) is 32.3. The minimum Gasteiger partial charge on any atom is -0.506 e. The molecule has 0 aliphatic heterocycles. The second kappa shape index (κ2) is 13.9. The summed E-state index contributed by atoms with van der Waals surface area (Å²) in [5.41, 5.74) is 5.47. The summed E-state index contributed by atoms with van der Waals surface area (Å²) in [5, 5.41) is 40.7. The Balaban J connectivity index is 1.41. The van der Waals surface area contributed by atoms with Gasteiger partial charge in [-0.25, -0.2) is 5.26 Å². The van der Waals surface area contributed by atoms with E-state index in [1.807, 2.05) is 44.2 Å². The fraction of sp³-hybridized carbons (Fsp3) is 0.0625. The molecule has 0 unspecified atom stereocenters. The van der Waals surface area contributed by atoms with Crippen molar-refractivity contribution in [2.24, 2.45) is 20.5 Å². The summed E-state index contributed by atoms with van der Waals surface area (Å²) in [6.07, 6.45) is 7.26. The molecule has 0 saturated heterocycles. The van der Waals surface area contributed by atoms with Crippen LogP contribution in [0.5, 0.6) is 11.5 Å². The maximum absolute atomic E-state index is 11.8. The topological polar surface area (TPSA) is 172 Å². The Morgan fingerprint density at radius 3 is 2.00 bits per heavy atom. The zero-order valence-corrected chi connectivity index (χ0v) is 25.8. The Morgan fingerprint density at radius 2 is 1.43 bits per heavy atom. The van der Waals surface area contributed by atoms with Gasteiger partial charge in [-0.1, -0.05) is 29.7 Å². The van der Waals surface area contributed by atoms with Gasteiger partial charge < -0.3 is 9.84 Å². The van der Waals surface area contributed by atoms with Crippen molar-refractivity contribution in [3.05, 3.63) is 96.1 Å². The largest absolute Gasteiger partial charge is 0.506 e. The second-order valence-electron chi connectivity index (χ2n) is 9.77. The van der Waals surface area contributed by atoms with Gasteiger partial charge in [0.2, 0.25) is 0 Å². The van der Waals surface area contributed by atoms with Crippen molar-refractivity contribution >= 4 is 55.7 Å². The average Bonchev–Trinajstić information content (AvgIpc) is 3.03. The number of fused-ring (bicyclic) bond motifs is 1. The van der Waals surface area contributed by atoms with Crippen molar-refractivity contribution in [1.29, 1.82) is 0 Å². The molecule has 0 aliphatic carbocycles. The average molecular weight is 657 g/mol. The van der Waals surface area contributed by atoms with Crippen LogP contribution in [0.25, 0.3) is 21.9 Å². The number of hydrogen-bond donors (Lipinski definition) is 3. The number of rotatable bonds is 10. The molecule has 0 radical (unpaired) electrons. The molecule has 5 rings (SSSR count). The number of azo groups is 2. The minimum atomic E-state index is -4.58. The smallest absolute Gasteiger partial charge is 0.294 e. The quantitative estimate of drug-likeness (QED) is 0.0331. The third-order valence-corrected chi connectivity index (χ3v) is 8.19. The minimum absolute atomic E-state index is 0.00382. The van der Waals surface area contributed by atoms with Crippen molar-refractivity contribution in [2.45, 2.75) is 23.6 Å². The fourth-order valence-corrected chi connectivity index (χ4v) is 5.69. The van der Waals surface area contributed by atoms with E-state index in [4.69, 9.17) is 16.4 Å². The number of phenols is 1. The van der Waals surface area contributed by atoms with Crippen molar-refractivity contribution in [2.75, 3.05) is 0 Å². The lowest BCUT2D eigenvalue weighted by molar-refractivity contribution is -0.432. The maximum atomic E-state index is 11.8. The Bertz CT molecular complexity index is 2150. The lowest BCUT2D eigenvalue weighted by atomic mass is 10.0. The van der Waals surface area contributed by atoms with Crippen LogP contribution in [0.15, 0.2) is 115 Å². The van der Waals surface area contributed by atoms with E-state index in [-0.39, 0.29) is 21.7 Å². The first-order valence-corrected chi connectivity index (χ1v) is 15.4. The van der Waals surface area contributed by atoms with Gasteiger partial charge in [0, 0.05) is 5.39 Å². The van der Waals surface area contributed by atoms with Crippen LogP contribution in [0.1, 0.15) is 11.1 Å². The number of aryl methyl sites for hydroxylation is 2. The molecule has 14 heteroatoms. The van der Waals surface area contributed by atoms with Crippen LogP contribution in [-0.2, 0) is 19.5 Å². The molecule has 0 aliphatic rings. The van der Waals surface area contributed by atoms with Crippen LogP contribution < -0.4 is 4.74 Å². The highest BCUT2D eigenvalue weighted by Gasteiger charge is 2.19. The van der Waals surface area contributed by atoms with Gasteiger partial charge in [0.1, 0.15) is 23.3 Å². The molecule has 3 N–H and O–H groups in total. The lowest BCUT2D eigenvalue weighted by Crippen LogP contribution is -1.98. The van der Waals surface area contributed by atoms with Crippen molar-refractivity contribution in [1.82, 2.24) is 0 Å². The van der Waals surface area contributed by atoms with Gasteiger partial charge in [-0.05, 0) is 108 Å². The van der Waals surface area contributed by atoms with E-state index >= 15 is 0 Å². The van der Waals surface area contributed by atoms with Crippen LogP contribution in [0.3, 0.4) is 0 Å². The van der Waals surface area contributed by atoms with Gasteiger partial charge >= 0.3 is 0 Å². The molecule has 0 heterocycles. The first-order chi connectivity index (χ1) is 22.1. The highest BCUT2D eigenvalue weighted by atomic mass is 32.2. The van der Waals surface area contributed by atoms with Crippen molar-refractivity contribution in [3.63, 3.8) is 0 Å². The van der Waals surface area contributed by atoms with Gasteiger partial charge in [0.25, 0.3) is 10.1 Å². The first-order valence-electron chi connectivity index (χ1n) is 13.3. The normalized spacial score (nSPS) is 11.8. The van der Waals surface area contributed by atoms with Crippen LogP contribution >= 0.6 is 12.0 Å². The maximum Gasteiger partial charge on any atom is 0.294 e. The third kappa shape index (κ3) is 7.38. The van der Waals surface area contributed by atoms with Crippen molar-refractivity contribution in [3.8, 4) is 35.2 Å². The van der Waals surface area contributed by atoms with Crippen LogP contribution in [0.4, 0.5) is 22.7 Å². The summed E-state index contributed by atoms with van der Waals surface area (Å²) in [6.45, 7) is 3.80. The van der Waals surface area contributed by atoms with Gasteiger partial charge in [-0.15, -0.1) is 9.45 Å². The lowest BCUT2D eigenvalue weighted by Gasteiger charge is -2.11. The number of hydrogen-bond acceptors (Lipinski definition) is 12. The summed E-state index contributed by atoms with van der Waals surface area (Å²) in [7, 11) is -4.58. The monoisotopic (exact) mass is 656 g/mol. The van der Waals surface area contributed by atoms with E-state index in [0.717, 1.165) is 28.3 Å². The molecule has 0 spiro atoms. The summed E-state index contributed by atoms with van der Waals surface area (Å²) in [6, 6.07) is 23.4. The number of nitrogens with zero attached hydrogens (tertiary/aromatic N) is 4. The van der Waals surface area contributed by atoms with Gasteiger partial charge in [0.15, 0.2) is 0 Å². The van der Waals surface area contributed by atoms with Crippen molar-refractivity contribution < 1.29 is 37.4 Å². The van der Waals surface area contributed by atoms with E-state index in [1.54, 1.807) is 30.3 Å². The number of benzene rings is 5. The number of ether oxygens (including phenoxy) is 1. The summed E-state index contributed by atoms with van der Waals surface area (Å²) in [4.78, 5) is -0.362. The molecule has 0 amide bonds. The predicted octanol–water partition coefficient (Wildman–Crippen LogP) is 9.30.